The molecule has 2 nitrogen and oxygen atoms in total. The summed E-state index contributed by atoms with van der Waals surface area (Å²) in [6, 6.07) is 0. The summed E-state index contributed by atoms with van der Waals surface area (Å²) in [5, 5.41) is 7.73. The predicted octanol–water partition coefficient (Wildman–Crippen LogP) is 1.45. The van der Waals surface area contributed by atoms with E-state index < -0.39 is 10.8 Å². The van der Waals surface area contributed by atoms with Gasteiger partial charge in [-0.05, 0) is 0 Å². The van der Waals surface area contributed by atoms with E-state index in [0.29, 0.717) is 0 Å². The van der Waals surface area contributed by atoms with E-state index in [2.05, 4.69) is 0 Å². The highest BCUT2D eigenvalue weighted by molar-refractivity contribution is 8.93. The maximum absolute atomic E-state index is 9.44. The molecule has 0 aliphatic heterocycles. The Morgan fingerprint density at radius 3 is 1.71 bits per heavy atom. The van der Waals surface area contributed by atoms with Gasteiger partial charge in [-0.3, -0.25) is 0 Å². The molecule has 0 spiro atoms. The van der Waals surface area contributed by atoms with Gasteiger partial charge in [-0.2, -0.15) is 0 Å². The molecule has 0 radical (unpaired) electrons. The molecule has 0 aliphatic rings. The molecule has 0 bridgehead atoms. The number of aliphatic carboxylic acids is 1. The van der Waals surface area contributed by atoms with Gasteiger partial charge in [-0.15, -0.1) is 17.0 Å². The van der Waals surface area contributed by atoms with Crippen molar-refractivity contribution in [1.82, 2.24) is 0 Å². The van der Waals surface area contributed by atoms with Crippen LogP contribution in [0.5, 0.6) is 0 Å². The molecular formula is C2H3BrCl2O2. The standard InChI is InChI=1S/C2H2Cl2O2.BrH/c3-1(4)2(5)6;/h1H,(H,5,6);1H. The molecule has 7 heavy (non-hydrogen) atoms. The lowest BCUT2D eigenvalue weighted by Crippen LogP contribution is -2.03. The van der Waals surface area contributed by atoms with E-state index in [4.69, 9.17) is 28.3 Å². The van der Waals surface area contributed by atoms with Crippen molar-refractivity contribution >= 4 is 46.2 Å². The SMILES string of the molecule is Br.O=C(O)C(Cl)Cl. The molecule has 0 aromatic rings. The molecule has 5 heteroatoms. The lowest BCUT2D eigenvalue weighted by atomic mass is 10.8. The molecule has 44 valence electrons. The summed E-state index contributed by atoms with van der Waals surface area (Å²) in [6.45, 7) is 0. The smallest absolute Gasteiger partial charge is 0.337 e. The first-order valence-corrected chi connectivity index (χ1v) is 2.03. The number of carboxylic acid groups (broad SMARTS) is 1. The van der Waals surface area contributed by atoms with Gasteiger partial charge in [0.15, 0.2) is 0 Å². The molecule has 0 aromatic heterocycles. The van der Waals surface area contributed by atoms with Crippen LogP contribution in [0.2, 0.25) is 0 Å². The zero-order valence-electron chi connectivity index (χ0n) is 3.10. The summed E-state index contributed by atoms with van der Waals surface area (Å²) >= 11 is 9.56. The maximum Gasteiger partial charge on any atom is 0.337 e. The van der Waals surface area contributed by atoms with Crippen molar-refractivity contribution in [3.63, 3.8) is 0 Å². The first kappa shape index (κ1) is 10.5. The number of carboxylic acids is 1. The Kier molecular flexibility index (Phi) is 7.02. The van der Waals surface area contributed by atoms with Gasteiger partial charge in [0.05, 0.1) is 0 Å². The second-order valence-electron chi connectivity index (χ2n) is 0.639. The fraction of sp³-hybridized carbons (Fsp3) is 0.500. The van der Waals surface area contributed by atoms with Crippen LogP contribution >= 0.6 is 40.2 Å². The van der Waals surface area contributed by atoms with Crippen LogP contribution < -0.4 is 0 Å². The molecule has 0 rings (SSSR count). The monoisotopic (exact) mass is 208 g/mol. The molecule has 0 saturated carbocycles. The van der Waals surface area contributed by atoms with Crippen molar-refractivity contribution in [2.24, 2.45) is 0 Å². The minimum absolute atomic E-state index is 0. The zero-order chi connectivity index (χ0) is 5.15. The molecule has 0 fully saturated rings. The number of hydrogen-bond donors (Lipinski definition) is 1. The van der Waals surface area contributed by atoms with E-state index in [-0.39, 0.29) is 17.0 Å². The van der Waals surface area contributed by atoms with E-state index in [9.17, 15) is 4.79 Å². The Labute approximate surface area is 61.2 Å². The lowest BCUT2D eigenvalue weighted by molar-refractivity contribution is -0.135. The first-order valence-electron chi connectivity index (χ1n) is 1.15. The van der Waals surface area contributed by atoms with Crippen LogP contribution in [0.1, 0.15) is 0 Å². The maximum atomic E-state index is 9.44. The quantitative estimate of drug-likeness (QED) is 0.664. The zero-order valence-corrected chi connectivity index (χ0v) is 6.32. The molecule has 0 heterocycles. The van der Waals surface area contributed by atoms with Gasteiger partial charge in [0.1, 0.15) is 0 Å². The van der Waals surface area contributed by atoms with Crippen LogP contribution in [-0.2, 0) is 4.79 Å². The molecule has 0 aliphatic carbocycles. The van der Waals surface area contributed by atoms with Gasteiger partial charge in [-0.25, -0.2) is 4.79 Å². The van der Waals surface area contributed by atoms with E-state index in [1.807, 2.05) is 0 Å². The van der Waals surface area contributed by atoms with E-state index in [1.54, 1.807) is 0 Å². The Balaban J connectivity index is 0. The van der Waals surface area contributed by atoms with Crippen molar-refractivity contribution in [1.29, 1.82) is 0 Å². The first-order chi connectivity index (χ1) is 2.64. The molecule has 0 aromatic carbocycles. The van der Waals surface area contributed by atoms with Crippen molar-refractivity contribution in [3.8, 4) is 0 Å². The van der Waals surface area contributed by atoms with Gasteiger partial charge in [0, 0.05) is 0 Å². The summed E-state index contributed by atoms with van der Waals surface area (Å²) < 4.78 is 0. The number of carbonyl (C=O) groups is 1. The Morgan fingerprint density at radius 1 is 1.57 bits per heavy atom. The fourth-order valence-electron chi connectivity index (χ4n) is 0. The summed E-state index contributed by atoms with van der Waals surface area (Å²) in [7, 11) is 0. The van der Waals surface area contributed by atoms with Crippen LogP contribution in [0.15, 0.2) is 0 Å². The Hall–Kier alpha value is 0.530. The van der Waals surface area contributed by atoms with E-state index >= 15 is 0 Å². The van der Waals surface area contributed by atoms with E-state index in [1.165, 1.54) is 0 Å². The summed E-state index contributed by atoms with van der Waals surface area (Å²) in [4.78, 5) is 8.15. The number of hydrogen-bond acceptors (Lipinski definition) is 1. The van der Waals surface area contributed by atoms with Crippen molar-refractivity contribution in [2.75, 3.05) is 0 Å². The minimum atomic E-state index is -1.29. The molecule has 0 unspecified atom stereocenters. The second kappa shape index (κ2) is 4.68. The Morgan fingerprint density at radius 2 is 1.71 bits per heavy atom. The number of rotatable bonds is 1. The summed E-state index contributed by atoms with van der Waals surface area (Å²) in [6.07, 6.45) is 0. The topological polar surface area (TPSA) is 37.3 Å². The largest absolute Gasteiger partial charge is 0.479 e. The van der Waals surface area contributed by atoms with Gasteiger partial charge in [0.25, 0.3) is 0 Å². The third-order valence-corrected chi connectivity index (χ3v) is 0.560. The Bertz CT molecular complexity index is 64.7. The molecule has 0 amide bonds. The highest BCUT2D eigenvalue weighted by Gasteiger charge is 2.05. The highest BCUT2D eigenvalue weighted by atomic mass is 79.9. The highest BCUT2D eigenvalue weighted by Crippen LogP contribution is 1.98. The van der Waals surface area contributed by atoms with Gasteiger partial charge < -0.3 is 5.11 Å². The average Bonchev–Trinajstić information content (AvgIpc) is 1.36. The van der Waals surface area contributed by atoms with Crippen LogP contribution in [-0.4, -0.2) is 15.9 Å². The van der Waals surface area contributed by atoms with Gasteiger partial charge >= 0.3 is 5.97 Å². The third-order valence-electron chi connectivity index (χ3n) is 0.187. The summed E-state index contributed by atoms with van der Waals surface area (Å²) in [5.41, 5.74) is 0. The third kappa shape index (κ3) is 6.53. The fourth-order valence-corrected chi connectivity index (χ4v) is 0. The molecule has 0 saturated heterocycles. The molecule has 1 N–H and O–H groups in total. The van der Waals surface area contributed by atoms with Crippen LogP contribution in [0.4, 0.5) is 0 Å². The summed E-state index contributed by atoms with van der Waals surface area (Å²) in [5.74, 6) is -1.21. The van der Waals surface area contributed by atoms with Crippen molar-refractivity contribution < 1.29 is 9.90 Å². The normalized spacial score (nSPS) is 7.86. The average molecular weight is 210 g/mol. The number of alkyl halides is 2. The van der Waals surface area contributed by atoms with Crippen molar-refractivity contribution in [2.45, 2.75) is 4.84 Å². The van der Waals surface area contributed by atoms with Crippen LogP contribution in [0.25, 0.3) is 0 Å². The minimum Gasteiger partial charge on any atom is -0.479 e. The molecule has 0 atom stereocenters. The lowest BCUT2D eigenvalue weighted by Gasteiger charge is -1.84. The van der Waals surface area contributed by atoms with Gasteiger partial charge in [0.2, 0.25) is 4.84 Å². The van der Waals surface area contributed by atoms with Crippen molar-refractivity contribution in [3.05, 3.63) is 0 Å². The molecular weight excluding hydrogens is 207 g/mol. The van der Waals surface area contributed by atoms with Crippen LogP contribution in [0.3, 0.4) is 0 Å². The number of halogens is 3. The van der Waals surface area contributed by atoms with Gasteiger partial charge in [-0.1, -0.05) is 23.2 Å². The van der Waals surface area contributed by atoms with Crippen LogP contribution in [0, 0.1) is 0 Å². The van der Waals surface area contributed by atoms with E-state index in [0.717, 1.165) is 0 Å². The second-order valence-corrected chi connectivity index (χ2v) is 1.74. The predicted molar refractivity (Wildman–Crippen MR) is 33.5 cm³/mol.